The fourth-order valence-electron chi connectivity index (χ4n) is 0.725. The summed E-state index contributed by atoms with van der Waals surface area (Å²) in [5.41, 5.74) is 0.556. The van der Waals surface area contributed by atoms with Crippen molar-refractivity contribution in [3.8, 4) is 11.8 Å². The molecule has 0 aromatic carbocycles. The molecule has 0 nitrogen and oxygen atoms in total. The van der Waals surface area contributed by atoms with Gasteiger partial charge in [-0.2, -0.15) is 0 Å². The summed E-state index contributed by atoms with van der Waals surface area (Å²) in [6.07, 6.45) is 1.24. The van der Waals surface area contributed by atoms with E-state index in [1.807, 2.05) is 0 Å². The molecule has 0 aliphatic heterocycles. The average Bonchev–Trinajstić information content (AvgIpc) is 1.98. The quantitative estimate of drug-likeness (QED) is 0.470. The molecule has 1 atom stereocenters. The van der Waals surface area contributed by atoms with Crippen LogP contribution in [0.4, 0.5) is 8.78 Å². The predicted molar refractivity (Wildman–Crippen MR) is 40.2 cm³/mol. The van der Waals surface area contributed by atoms with Gasteiger partial charge in [-0.3, -0.25) is 0 Å². The Balaban J connectivity index is 2.90. The average molecular weight is 154 g/mol. The smallest absolute Gasteiger partial charge is 0.179 e. The lowest BCUT2D eigenvalue weighted by atomic mass is 10.1. The van der Waals surface area contributed by atoms with Gasteiger partial charge >= 0.3 is 0 Å². The van der Waals surface area contributed by atoms with Gasteiger partial charge in [0, 0.05) is 6.42 Å². The minimum atomic E-state index is -1.33. The Morgan fingerprint density at radius 1 is 1.64 bits per heavy atom. The summed E-state index contributed by atoms with van der Waals surface area (Å²) < 4.78 is 25.2. The normalized spacial score (nSPS) is 33.2. The van der Waals surface area contributed by atoms with Crippen molar-refractivity contribution in [2.75, 3.05) is 0 Å². The van der Waals surface area contributed by atoms with E-state index in [4.69, 9.17) is 0 Å². The van der Waals surface area contributed by atoms with Gasteiger partial charge in [-0.1, -0.05) is 11.8 Å². The van der Waals surface area contributed by atoms with E-state index < -0.39 is 6.17 Å². The predicted octanol–water partition coefficient (Wildman–Crippen LogP) is 2.53. The SMILES string of the molecule is C/C1=C(F)/C=C\C(F)C#CC1. The maximum atomic E-state index is 12.7. The first-order valence-electron chi connectivity index (χ1n) is 3.36. The van der Waals surface area contributed by atoms with Crippen LogP contribution in [0.2, 0.25) is 0 Å². The van der Waals surface area contributed by atoms with Crippen LogP contribution in [-0.4, -0.2) is 6.17 Å². The highest BCUT2D eigenvalue weighted by Crippen LogP contribution is 2.13. The zero-order valence-electron chi connectivity index (χ0n) is 6.20. The van der Waals surface area contributed by atoms with Crippen molar-refractivity contribution in [1.82, 2.24) is 0 Å². The summed E-state index contributed by atoms with van der Waals surface area (Å²) >= 11 is 0. The van der Waals surface area contributed by atoms with E-state index in [2.05, 4.69) is 11.8 Å². The molecule has 0 bridgehead atoms. The molecule has 58 valence electrons. The maximum absolute atomic E-state index is 12.7. The molecule has 0 aromatic heterocycles. The van der Waals surface area contributed by atoms with Gasteiger partial charge in [0.25, 0.3) is 0 Å². The van der Waals surface area contributed by atoms with Crippen LogP contribution in [0.15, 0.2) is 23.6 Å². The molecule has 0 heterocycles. The largest absolute Gasteiger partial charge is 0.229 e. The fraction of sp³-hybridized carbons (Fsp3) is 0.333. The van der Waals surface area contributed by atoms with E-state index >= 15 is 0 Å². The van der Waals surface area contributed by atoms with Gasteiger partial charge in [0.1, 0.15) is 5.83 Å². The summed E-state index contributed by atoms with van der Waals surface area (Å²) in [6.45, 7) is 1.65. The van der Waals surface area contributed by atoms with Crippen LogP contribution in [0.25, 0.3) is 0 Å². The molecule has 1 aliphatic rings. The van der Waals surface area contributed by atoms with E-state index in [1.54, 1.807) is 6.92 Å². The monoisotopic (exact) mass is 154 g/mol. The van der Waals surface area contributed by atoms with E-state index in [1.165, 1.54) is 0 Å². The number of hydrogen-bond acceptors (Lipinski definition) is 0. The second-order valence-corrected chi connectivity index (χ2v) is 2.39. The Kier molecular flexibility index (Phi) is 2.43. The van der Waals surface area contributed by atoms with E-state index in [0.717, 1.165) is 12.2 Å². The van der Waals surface area contributed by atoms with Crippen molar-refractivity contribution in [1.29, 1.82) is 0 Å². The number of alkyl halides is 1. The molecular weight excluding hydrogens is 146 g/mol. The molecule has 1 rings (SSSR count). The summed E-state index contributed by atoms with van der Waals surface area (Å²) in [5.74, 6) is 4.50. The van der Waals surface area contributed by atoms with Crippen molar-refractivity contribution >= 4 is 0 Å². The Morgan fingerprint density at radius 3 is 3.09 bits per heavy atom. The lowest BCUT2D eigenvalue weighted by Gasteiger charge is -1.98. The van der Waals surface area contributed by atoms with Crippen molar-refractivity contribution in [3.05, 3.63) is 23.6 Å². The van der Waals surface area contributed by atoms with Crippen molar-refractivity contribution in [3.63, 3.8) is 0 Å². The van der Waals surface area contributed by atoms with Crippen LogP contribution in [0.3, 0.4) is 0 Å². The summed E-state index contributed by atoms with van der Waals surface area (Å²) in [7, 11) is 0. The first kappa shape index (κ1) is 8.00. The Morgan fingerprint density at radius 2 is 2.36 bits per heavy atom. The number of allylic oxidation sites excluding steroid dienone is 4. The molecular formula is C9H8F2. The number of halogens is 2. The second-order valence-electron chi connectivity index (χ2n) is 2.39. The van der Waals surface area contributed by atoms with Crippen molar-refractivity contribution < 1.29 is 8.78 Å². The molecule has 2 heteroatoms. The van der Waals surface area contributed by atoms with Crippen LogP contribution in [0, 0.1) is 11.8 Å². The van der Waals surface area contributed by atoms with Gasteiger partial charge in [-0.15, -0.1) is 0 Å². The number of rotatable bonds is 0. The second kappa shape index (κ2) is 3.34. The van der Waals surface area contributed by atoms with Crippen LogP contribution in [-0.2, 0) is 0 Å². The maximum Gasteiger partial charge on any atom is 0.179 e. The molecule has 0 spiro atoms. The lowest BCUT2D eigenvalue weighted by Crippen LogP contribution is -1.92. The van der Waals surface area contributed by atoms with E-state index in [-0.39, 0.29) is 5.83 Å². The van der Waals surface area contributed by atoms with Gasteiger partial charge < -0.3 is 0 Å². The highest BCUT2D eigenvalue weighted by molar-refractivity contribution is 5.28. The molecule has 0 fully saturated rings. The molecule has 0 radical (unpaired) electrons. The third-order valence-electron chi connectivity index (χ3n) is 1.41. The minimum absolute atomic E-state index is 0.316. The van der Waals surface area contributed by atoms with Gasteiger partial charge in [0.05, 0.1) is 0 Å². The lowest BCUT2D eigenvalue weighted by molar-refractivity contribution is 0.479. The Labute approximate surface area is 64.6 Å². The standard InChI is InChI=1S/C9H8F2/c1-7-3-2-4-8(10)5-6-9(7)11/h5-6,8H,3H2,1H3/b6-5-,9-7+. The van der Waals surface area contributed by atoms with Crippen molar-refractivity contribution in [2.24, 2.45) is 0 Å². The first-order valence-corrected chi connectivity index (χ1v) is 3.36. The molecule has 1 unspecified atom stereocenters. The third-order valence-corrected chi connectivity index (χ3v) is 1.41. The highest BCUT2D eigenvalue weighted by Gasteiger charge is 2.01. The highest BCUT2D eigenvalue weighted by atomic mass is 19.1. The summed E-state index contributed by atoms with van der Waals surface area (Å²) in [4.78, 5) is 0. The van der Waals surface area contributed by atoms with Gasteiger partial charge in [0.2, 0.25) is 0 Å². The van der Waals surface area contributed by atoms with Gasteiger partial charge in [-0.25, -0.2) is 8.78 Å². The summed E-state index contributed by atoms with van der Waals surface area (Å²) in [5, 5.41) is 0. The molecule has 0 amide bonds. The van der Waals surface area contributed by atoms with E-state index in [0.29, 0.717) is 12.0 Å². The topological polar surface area (TPSA) is 0 Å². The number of hydrogen-bond donors (Lipinski definition) is 0. The zero-order chi connectivity index (χ0) is 8.27. The van der Waals surface area contributed by atoms with Gasteiger partial charge in [-0.05, 0) is 24.6 Å². The van der Waals surface area contributed by atoms with Crippen LogP contribution >= 0.6 is 0 Å². The van der Waals surface area contributed by atoms with Crippen LogP contribution in [0.1, 0.15) is 13.3 Å². The fourth-order valence-corrected chi connectivity index (χ4v) is 0.725. The molecule has 0 aromatic rings. The summed E-state index contributed by atoms with van der Waals surface area (Å²) in [6, 6.07) is 0. The third kappa shape index (κ3) is 2.19. The van der Waals surface area contributed by atoms with E-state index in [9.17, 15) is 8.78 Å². The Hall–Kier alpha value is -1.10. The molecule has 11 heavy (non-hydrogen) atoms. The first-order chi connectivity index (χ1) is 5.20. The van der Waals surface area contributed by atoms with Crippen LogP contribution < -0.4 is 0 Å². The molecule has 0 saturated carbocycles. The van der Waals surface area contributed by atoms with Gasteiger partial charge in [0.15, 0.2) is 6.17 Å². The molecule has 0 saturated heterocycles. The molecule has 1 aliphatic carbocycles. The van der Waals surface area contributed by atoms with Crippen molar-refractivity contribution in [2.45, 2.75) is 19.5 Å². The zero-order valence-corrected chi connectivity index (χ0v) is 6.20. The minimum Gasteiger partial charge on any atom is -0.229 e. The molecule has 0 N–H and O–H groups in total. The Bertz CT molecular complexity index is 263. The van der Waals surface area contributed by atoms with Crippen LogP contribution in [0.5, 0.6) is 0 Å².